The maximum atomic E-state index is 12.1. The smallest absolute Gasteiger partial charge is 0.255 e. The Morgan fingerprint density at radius 2 is 2.12 bits per heavy atom. The molecular weight excluding hydrogens is 218 g/mol. The fourth-order valence-corrected chi connectivity index (χ4v) is 1.35. The quantitative estimate of drug-likeness (QED) is 0.557. The topological polar surface area (TPSA) is 74.5 Å². The predicted octanol–water partition coefficient (Wildman–Crippen LogP) is 0.000800. The van der Waals surface area contributed by atoms with Crippen molar-refractivity contribution in [1.29, 1.82) is 0 Å². The van der Waals surface area contributed by atoms with Gasteiger partial charge in [0.25, 0.3) is 5.91 Å². The third-order valence-electron chi connectivity index (χ3n) is 2.44. The van der Waals surface area contributed by atoms with Gasteiger partial charge < -0.3 is 15.2 Å². The number of rotatable bonds is 5. The van der Waals surface area contributed by atoms with E-state index in [9.17, 15) is 4.79 Å². The van der Waals surface area contributed by atoms with E-state index in [1.807, 2.05) is 19.0 Å². The van der Waals surface area contributed by atoms with Crippen molar-refractivity contribution in [3.05, 3.63) is 24.0 Å². The zero-order valence-corrected chi connectivity index (χ0v) is 10.5. The van der Waals surface area contributed by atoms with E-state index in [4.69, 9.17) is 5.84 Å². The molecule has 0 unspecified atom stereocenters. The average Bonchev–Trinajstić information content (AvgIpc) is 2.34. The molecule has 0 fully saturated rings. The minimum absolute atomic E-state index is 0.0674. The lowest BCUT2D eigenvalue weighted by Crippen LogP contribution is -2.34. The number of amides is 1. The lowest BCUT2D eigenvalue weighted by atomic mass is 10.2. The zero-order valence-electron chi connectivity index (χ0n) is 10.5. The molecule has 0 radical (unpaired) electrons. The number of hydrazine groups is 1. The van der Waals surface area contributed by atoms with E-state index in [0.29, 0.717) is 17.8 Å². The van der Waals surface area contributed by atoms with E-state index >= 15 is 0 Å². The van der Waals surface area contributed by atoms with Crippen LogP contribution in [0.25, 0.3) is 0 Å². The summed E-state index contributed by atoms with van der Waals surface area (Å²) in [4.78, 5) is 19.7. The first-order valence-electron chi connectivity index (χ1n) is 5.37. The van der Waals surface area contributed by atoms with Crippen LogP contribution in [0.2, 0.25) is 0 Å². The molecule has 0 atom stereocenters. The molecule has 0 aliphatic heterocycles. The number of nitrogens with two attached hydrogens (primary N) is 1. The van der Waals surface area contributed by atoms with Gasteiger partial charge in [0, 0.05) is 26.3 Å². The van der Waals surface area contributed by atoms with E-state index in [2.05, 4.69) is 10.4 Å². The van der Waals surface area contributed by atoms with Gasteiger partial charge in [-0.2, -0.15) is 0 Å². The molecule has 0 saturated heterocycles. The Morgan fingerprint density at radius 3 is 2.71 bits per heavy atom. The summed E-state index contributed by atoms with van der Waals surface area (Å²) in [6.07, 6.45) is 3.11. The van der Waals surface area contributed by atoms with Gasteiger partial charge in [0.1, 0.15) is 0 Å². The molecule has 3 N–H and O–H groups in total. The maximum absolute atomic E-state index is 12.1. The third-order valence-corrected chi connectivity index (χ3v) is 2.44. The highest BCUT2D eigenvalue weighted by molar-refractivity contribution is 5.99. The molecule has 1 rings (SSSR count). The highest BCUT2D eigenvalue weighted by atomic mass is 16.2. The molecule has 0 aliphatic rings. The largest absolute Gasteiger partial charge is 0.340 e. The fraction of sp³-hybridized carbons (Fsp3) is 0.455. The van der Waals surface area contributed by atoms with Crippen LogP contribution in [-0.4, -0.2) is 54.9 Å². The van der Waals surface area contributed by atoms with Gasteiger partial charge in [-0.15, -0.1) is 0 Å². The van der Waals surface area contributed by atoms with Crippen molar-refractivity contribution in [2.75, 3.05) is 39.7 Å². The van der Waals surface area contributed by atoms with Gasteiger partial charge in [-0.05, 0) is 20.2 Å². The summed E-state index contributed by atoms with van der Waals surface area (Å²) in [6.45, 7) is 1.48. The Labute approximate surface area is 101 Å². The lowest BCUT2D eigenvalue weighted by Gasteiger charge is -2.20. The number of hydrogen-bond donors (Lipinski definition) is 2. The molecule has 1 aromatic heterocycles. The summed E-state index contributed by atoms with van der Waals surface area (Å²) in [5.74, 6) is 5.27. The first kappa shape index (κ1) is 13.4. The number of nitrogens with one attached hydrogen (secondary N) is 1. The van der Waals surface area contributed by atoms with Gasteiger partial charge in [-0.25, -0.2) is 0 Å². The fourth-order valence-electron chi connectivity index (χ4n) is 1.35. The molecule has 6 heteroatoms. The molecule has 94 valence electrons. The third kappa shape index (κ3) is 3.69. The van der Waals surface area contributed by atoms with Gasteiger partial charge in [0.15, 0.2) is 0 Å². The molecule has 6 nitrogen and oxygen atoms in total. The molecule has 0 bridgehead atoms. The molecule has 0 saturated carbocycles. The van der Waals surface area contributed by atoms with Crippen molar-refractivity contribution in [3.8, 4) is 0 Å². The van der Waals surface area contributed by atoms with Gasteiger partial charge in [0.2, 0.25) is 0 Å². The Hall–Kier alpha value is -1.66. The van der Waals surface area contributed by atoms with E-state index in [0.717, 1.165) is 6.54 Å². The Balaban J connectivity index is 2.74. The molecule has 1 heterocycles. The number of likely N-dealkylation sites (N-methyl/N-ethyl adjacent to an activating group) is 2. The van der Waals surface area contributed by atoms with Gasteiger partial charge in [-0.1, -0.05) is 0 Å². The zero-order chi connectivity index (χ0) is 12.8. The van der Waals surface area contributed by atoms with E-state index in [-0.39, 0.29) is 5.91 Å². The molecule has 1 amide bonds. The van der Waals surface area contributed by atoms with Crippen molar-refractivity contribution in [2.24, 2.45) is 5.84 Å². The second-order valence-corrected chi connectivity index (χ2v) is 4.10. The van der Waals surface area contributed by atoms with Crippen LogP contribution in [0.1, 0.15) is 10.4 Å². The monoisotopic (exact) mass is 237 g/mol. The highest BCUT2D eigenvalue weighted by Crippen LogP contribution is 2.13. The minimum atomic E-state index is -0.0674. The van der Waals surface area contributed by atoms with E-state index in [1.54, 1.807) is 24.2 Å². The second-order valence-electron chi connectivity index (χ2n) is 4.10. The van der Waals surface area contributed by atoms with Crippen LogP contribution in [0.5, 0.6) is 0 Å². The molecule has 0 spiro atoms. The number of carbonyl (C=O) groups is 1. The van der Waals surface area contributed by atoms with Crippen molar-refractivity contribution >= 4 is 11.6 Å². The Bertz CT molecular complexity index is 380. The van der Waals surface area contributed by atoms with Crippen LogP contribution in [0, 0.1) is 0 Å². The van der Waals surface area contributed by atoms with Crippen molar-refractivity contribution in [3.63, 3.8) is 0 Å². The molecule has 0 aliphatic carbocycles. The number of nitrogens with zero attached hydrogens (tertiary/aromatic N) is 3. The standard InChI is InChI=1S/C11H19N5O/c1-15(2)6-7-16(3)11(17)9-4-5-13-8-10(9)14-12/h4-5,8,14H,6-7,12H2,1-3H3. The number of nitrogen functional groups attached to an aromatic ring is 1. The number of carbonyl (C=O) groups excluding carboxylic acids is 1. The van der Waals surface area contributed by atoms with Crippen LogP contribution in [-0.2, 0) is 0 Å². The molecule has 0 aromatic carbocycles. The number of anilines is 1. The lowest BCUT2D eigenvalue weighted by molar-refractivity contribution is 0.0787. The van der Waals surface area contributed by atoms with Crippen LogP contribution < -0.4 is 11.3 Å². The SMILES string of the molecule is CN(C)CCN(C)C(=O)c1ccncc1NN. The first-order valence-corrected chi connectivity index (χ1v) is 5.37. The number of aromatic nitrogens is 1. The van der Waals surface area contributed by atoms with Crippen LogP contribution in [0.4, 0.5) is 5.69 Å². The van der Waals surface area contributed by atoms with Gasteiger partial charge in [-0.3, -0.25) is 15.6 Å². The van der Waals surface area contributed by atoms with E-state index in [1.165, 1.54) is 6.20 Å². The molecule has 1 aromatic rings. The second kappa shape index (κ2) is 6.17. The summed E-state index contributed by atoms with van der Waals surface area (Å²) < 4.78 is 0. The van der Waals surface area contributed by atoms with Gasteiger partial charge in [0.05, 0.1) is 17.4 Å². The van der Waals surface area contributed by atoms with Crippen LogP contribution in [0.3, 0.4) is 0 Å². The number of hydrogen-bond acceptors (Lipinski definition) is 5. The Morgan fingerprint density at radius 1 is 1.41 bits per heavy atom. The normalized spacial score (nSPS) is 10.4. The summed E-state index contributed by atoms with van der Waals surface area (Å²) in [7, 11) is 5.71. The van der Waals surface area contributed by atoms with Crippen LogP contribution in [0.15, 0.2) is 18.5 Å². The predicted molar refractivity (Wildman–Crippen MR) is 67.6 cm³/mol. The van der Waals surface area contributed by atoms with Crippen molar-refractivity contribution < 1.29 is 4.79 Å². The summed E-state index contributed by atoms with van der Waals surface area (Å²) in [5.41, 5.74) is 3.54. The maximum Gasteiger partial charge on any atom is 0.255 e. The average molecular weight is 237 g/mol. The summed E-state index contributed by atoms with van der Waals surface area (Å²) in [5, 5.41) is 0. The summed E-state index contributed by atoms with van der Waals surface area (Å²) >= 11 is 0. The minimum Gasteiger partial charge on any atom is -0.340 e. The summed E-state index contributed by atoms with van der Waals surface area (Å²) in [6, 6.07) is 1.66. The molecular formula is C11H19N5O. The molecule has 17 heavy (non-hydrogen) atoms. The van der Waals surface area contributed by atoms with Crippen molar-refractivity contribution in [1.82, 2.24) is 14.8 Å². The highest BCUT2D eigenvalue weighted by Gasteiger charge is 2.15. The van der Waals surface area contributed by atoms with Crippen LogP contribution >= 0.6 is 0 Å². The number of pyridine rings is 1. The van der Waals surface area contributed by atoms with Gasteiger partial charge >= 0.3 is 0 Å². The first-order chi connectivity index (χ1) is 8.06. The van der Waals surface area contributed by atoms with E-state index < -0.39 is 0 Å². The Kier molecular flexibility index (Phi) is 4.86. The van der Waals surface area contributed by atoms with Crippen molar-refractivity contribution in [2.45, 2.75) is 0 Å².